The fourth-order valence-corrected chi connectivity index (χ4v) is 2.57. The molecule has 0 unspecified atom stereocenters. The van der Waals surface area contributed by atoms with Gasteiger partial charge in [-0.2, -0.15) is 0 Å². The summed E-state index contributed by atoms with van der Waals surface area (Å²) in [6.07, 6.45) is 3.89. The summed E-state index contributed by atoms with van der Waals surface area (Å²) >= 11 is 1.52. The van der Waals surface area contributed by atoms with Crippen LogP contribution in [0.1, 0.15) is 12.8 Å². The van der Waals surface area contributed by atoms with Gasteiger partial charge >= 0.3 is 11.8 Å². The standard InChI is InChI=1S/C14H18N2O3S/c1-20-12-7-3-2-6-11(12)16-14(18)13(17)15-9-10-5-4-8-19-10/h2-3,6-7,10H,4-5,8-9H2,1H3,(H,15,17)(H,16,18)/t10-/m1/s1. The van der Waals surface area contributed by atoms with Crippen molar-refractivity contribution in [1.82, 2.24) is 5.32 Å². The molecule has 1 atom stereocenters. The number of carbonyl (C=O) groups excluding carboxylic acids is 2. The monoisotopic (exact) mass is 294 g/mol. The maximum Gasteiger partial charge on any atom is 0.313 e. The molecular weight excluding hydrogens is 276 g/mol. The number of thioether (sulfide) groups is 1. The molecule has 2 rings (SSSR count). The first kappa shape index (κ1) is 14.9. The van der Waals surface area contributed by atoms with E-state index in [1.165, 1.54) is 11.8 Å². The van der Waals surface area contributed by atoms with Crippen molar-refractivity contribution in [2.75, 3.05) is 24.7 Å². The van der Waals surface area contributed by atoms with Crippen LogP contribution in [0, 0.1) is 0 Å². The van der Waals surface area contributed by atoms with Gasteiger partial charge in [-0.3, -0.25) is 9.59 Å². The lowest BCUT2D eigenvalue weighted by Gasteiger charge is -2.11. The minimum absolute atomic E-state index is 0.0326. The van der Waals surface area contributed by atoms with Gasteiger partial charge in [0, 0.05) is 18.0 Å². The third-order valence-corrected chi connectivity index (χ3v) is 3.87. The summed E-state index contributed by atoms with van der Waals surface area (Å²) in [6, 6.07) is 7.38. The van der Waals surface area contributed by atoms with Gasteiger partial charge in [-0.05, 0) is 31.2 Å². The summed E-state index contributed by atoms with van der Waals surface area (Å²) in [6.45, 7) is 1.12. The number of hydrogen-bond donors (Lipinski definition) is 2. The summed E-state index contributed by atoms with van der Waals surface area (Å²) in [5.74, 6) is -1.28. The Balaban J connectivity index is 1.85. The van der Waals surface area contributed by atoms with Gasteiger partial charge in [0.1, 0.15) is 0 Å². The Kier molecular flexibility index (Phi) is 5.43. The number of carbonyl (C=O) groups is 2. The molecule has 1 aliphatic rings. The highest BCUT2D eigenvalue weighted by molar-refractivity contribution is 7.98. The molecule has 0 bridgehead atoms. The maximum atomic E-state index is 11.8. The highest BCUT2D eigenvalue weighted by Gasteiger charge is 2.19. The molecule has 5 nitrogen and oxygen atoms in total. The molecule has 1 aromatic carbocycles. The van der Waals surface area contributed by atoms with Gasteiger partial charge in [-0.25, -0.2) is 0 Å². The predicted octanol–water partition coefficient (Wildman–Crippen LogP) is 1.64. The van der Waals surface area contributed by atoms with Crippen LogP contribution >= 0.6 is 11.8 Å². The van der Waals surface area contributed by atoms with Crippen LogP contribution < -0.4 is 10.6 Å². The molecule has 0 aromatic heterocycles. The van der Waals surface area contributed by atoms with E-state index in [-0.39, 0.29) is 6.10 Å². The van der Waals surface area contributed by atoms with E-state index in [1.807, 2.05) is 24.5 Å². The molecular formula is C14H18N2O3S. The van der Waals surface area contributed by atoms with Crippen LogP contribution in [0.3, 0.4) is 0 Å². The number of ether oxygens (including phenoxy) is 1. The van der Waals surface area contributed by atoms with Crippen LogP contribution in [0.15, 0.2) is 29.2 Å². The molecule has 0 radical (unpaired) electrons. The summed E-state index contributed by atoms with van der Waals surface area (Å²) in [4.78, 5) is 24.5. The summed E-state index contributed by atoms with van der Waals surface area (Å²) < 4.78 is 5.39. The minimum Gasteiger partial charge on any atom is -0.376 e. The Bertz CT molecular complexity index is 487. The van der Waals surface area contributed by atoms with E-state index in [0.717, 1.165) is 24.3 Å². The third-order valence-electron chi connectivity index (χ3n) is 3.08. The average Bonchev–Trinajstić information content (AvgIpc) is 2.98. The van der Waals surface area contributed by atoms with Crippen LogP contribution in [-0.2, 0) is 14.3 Å². The van der Waals surface area contributed by atoms with Crippen molar-refractivity contribution in [3.05, 3.63) is 24.3 Å². The summed E-state index contributed by atoms with van der Waals surface area (Å²) in [5, 5.41) is 5.22. The van der Waals surface area contributed by atoms with Crippen molar-refractivity contribution in [1.29, 1.82) is 0 Å². The number of para-hydroxylation sites is 1. The highest BCUT2D eigenvalue weighted by Crippen LogP contribution is 2.24. The molecule has 1 aromatic rings. The minimum atomic E-state index is -0.649. The molecule has 0 aliphatic carbocycles. The zero-order chi connectivity index (χ0) is 14.4. The maximum absolute atomic E-state index is 11.8. The van der Waals surface area contributed by atoms with Crippen molar-refractivity contribution in [3.63, 3.8) is 0 Å². The van der Waals surface area contributed by atoms with Crippen molar-refractivity contribution in [2.45, 2.75) is 23.8 Å². The lowest BCUT2D eigenvalue weighted by atomic mass is 10.2. The van der Waals surface area contributed by atoms with E-state index >= 15 is 0 Å². The summed E-state index contributed by atoms with van der Waals surface area (Å²) in [5.41, 5.74) is 0.650. The molecule has 2 N–H and O–H groups in total. The second-order valence-corrected chi connectivity index (χ2v) is 5.35. The lowest BCUT2D eigenvalue weighted by molar-refractivity contribution is -0.136. The molecule has 1 saturated heterocycles. The van der Waals surface area contributed by atoms with Gasteiger partial charge in [0.15, 0.2) is 0 Å². The number of rotatable bonds is 4. The fraction of sp³-hybridized carbons (Fsp3) is 0.429. The van der Waals surface area contributed by atoms with Crippen molar-refractivity contribution in [3.8, 4) is 0 Å². The van der Waals surface area contributed by atoms with Crippen LogP contribution in [-0.4, -0.2) is 37.3 Å². The Morgan fingerprint density at radius 3 is 2.85 bits per heavy atom. The second kappa shape index (κ2) is 7.31. The molecule has 2 amide bonds. The quantitative estimate of drug-likeness (QED) is 0.654. The van der Waals surface area contributed by atoms with Gasteiger partial charge in [0.05, 0.1) is 11.8 Å². The number of amides is 2. The molecule has 1 aliphatic heterocycles. The van der Waals surface area contributed by atoms with Crippen molar-refractivity contribution >= 4 is 29.3 Å². The molecule has 1 fully saturated rings. The van der Waals surface area contributed by atoms with E-state index < -0.39 is 11.8 Å². The fourth-order valence-electron chi connectivity index (χ4n) is 2.02. The van der Waals surface area contributed by atoms with Crippen molar-refractivity contribution in [2.24, 2.45) is 0 Å². The Labute approximate surface area is 122 Å². The molecule has 108 valence electrons. The SMILES string of the molecule is CSc1ccccc1NC(=O)C(=O)NC[C@H]1CCCO1. The first-order valence-electron chi connectivity index (χ1n) is 6.54. The molecule has 6 heteroatoms. The smallest absolute Gasteiger partial charge is 0.313 e. The topological polar surface area (TPSA) is 67.4 Å². The van der Waals surface area contributed by atoms with E-state index in [4.69, 9.17) is 4.74 Å². The zero-order valence-electron chi connectivity index (χ0n) is 11.3. The predicted molar refractivity (Wildman–Crippen MR) is 78.8 cm³/mol. The lowest BCUT2D eigenvalue weighted by Crippen LogP contribution is -2.39. The normalized spacial score (nSPS) is 17.8. The molecule has 20 heavy (non-hydrogen) atoms. The number of anilines is 1. The van der Waals surface area contributed by atoms with Gasteiger partial charge in [0.25, 0.3) is 0 Å². The van der Waals surface area contributed by atoms with Gasteiger partial charge < -0.3 is 15.4 Å². The van der Waals surface area contributed by atoms with Crippen LogP contribution in [0.5, 0.6) is 0 Å². The Hall–Kier alpha value is -1.53. The van der Waals surface area contributed by atoms with E-state index in [1.54, 1.807) is 6.07 Å². The van der Waals surface area contributed by atoms with Gasteiger partial charge in [-0.1, -0.05) is 12.1 Å². The van der Waals surface area contributed by atoms with Crippen LogP contribution in [0.4, 0.5) is 5.69 Å². The van der Waals surface area contributed by atoms with E-state index in [0.29, 0.717) is 12.2 Å². The zero-order valence-corrected chi connectivity index (χ0v) is 12.2. The molecule has 0 saturated carbocycles. The van der Waals surface area contributed by atoms with E-state index in [9.17, 15) is 9.59 Å². The first-order chi connectivity index (χ1) is 9.70. The van der Waals surface area contributed by atoms with E-state index in [2.05, 4.69) is 10.6 Å². The number of hydrogen-bond acceptors (Lipinski definition) is 4. The number of benzene rings is 1. The highest BCUT2D eigenvalue weighted by atomic mass is 32.2. The first-order valence-corrected chi connectivity index (χ1v) is 7.77. The average molecular weight is 294 g/mol. The third kappa shape index (κ3) is 3.98. The van der Waals surface area contributed by atoms with Crippen molar-refractivity contribution < 1.29 is 14.3 Å². The second-order valence-electron chi connectivity index (χ2n) is 4.50. The van der Waals surface area contributed by atoms with Crippen LogP contribution in [0.25, 0.3) is 0 Å². The summed E-state index contributed by atoms with van der Waals surface area (Å²) in [7, 11) is 0. The molecule has 0 spiro atoms. The largest absolute Gasteiger partial charge is 0.376 e. The van der Waals surface area contributed by atoms with Crippen LogP contribution in [0.2, 0.25) is 0 Å². The Morgan fingerprint density at radius 2 is 2.15 bits per heavy atom. The molecule has 1 heterocycles. The Morgan fingerprint density at radius 1 is 1.35 bits per heavy atom. The van der Waals surface area contributed by atoms with Gasteiger partial charge in [-0.15, -0.1) is 11.8 Å². The number of nitrogens with one attached hydrogen (secondary N) is 2. The van der Waals surface area contributed by atoms with Gasteiger partial charge in [0.2, 0.25) is 0 Å².